The lowest BCUT2D eigenvalue weighted by atomic mass is 9.82. The summed E-state index contributed by atoms with van der Waals surface area (Å²) in [4.78, 5) is 2.49. The lowest BCUT2D eigenvalue weighted by Gasteiger charge is -2.41. The number of rotatable bonds is 5. The Morgan fingerprint density at radius 2 is 1.62 bits per heavy atom. The highest BCUT2D eigenvalue weighted by Gasteiger charge is 2.29. The maximum absolute atomic E-state index is 6.06. The number of likely N-dealkylation sites (tertiary alicyclic amines) is 1. The van der Waals surface area contributed by atoms with E-state index in [1.54, 1.807) is 14.2 Å². The van der Waals surface area contributed by atoms with Gasteiger partial charge >= 0.3 is 0 Å². The van der Waals surface area contributed by atoms with Crippen LogP contribution in [-0.4, -0.2) is 38.8 Å². The lowest BCUT2D eigenvalue weighted by Crippen LogP contribution is -2.42. The van der Waals surface area contributed by atoms with E-state index in [1.165, 1.54) is 18.4 Å². The number of hydrogen-bond acceptors (Lipinski definition) is 4. The lowest BCUT2D eigenvalue weighted by molar-refractivity contribution is 0.0962. The first kappa shape index (κ1) is 16.1. The van der Waals surface area contributed by atoms with Crippen LogP contribution in [0.2, 0.25) is 0 Å². The summed E-state index contributed by atoms with van der Waals surface area (Å²) in [5.74, 6) is 1.64. The number of piperidine rings is 1. The molecule has 0 spiro atoms. The molecule has 4 nitrogen and oxygen atoms in total. The number of benzene rings is 1. The minimum atomic E-state index is 0.227. The molecule has 1 unspecified atom stereocenters. The molecular weight excluding hydrogens is 264 g/mol. The monoisotopic (exact) mass is 292 g/mol. The Hall–Kier alpha value is -1.26. The average molecular weight is 292 g/mol. The van der Waals surface area contributed by atoms with Gasteiger partial charge in [0, 0.05) is 18.7 Å². The first-order valence-electron chi connectivity index (χ1n) is 7.66. The second-order valence-electron chi connectivity index (χ2n) is 6.60. The number of hydrogen-bond donors (Lipinski definition) is 1. The van der Waals surface area contributed by atoms with Crippen LogP contribution in [-0.2, 0) is 0 Å². The van der Waals surface area contributed by atoms with Gasteiger partial charge in [0.05, 0.1) is 14.2 Å². The summed E-state index contributed by atoms with van der Waals surface area (Å²) in [5.41, 5.74) is 7.68. The van der Waals surface area contributed by atoms with Crippen LogP contribution in [0.15, 0.2) is 18.2 Å². The van der Waals surface area contributed by atoms with Crippen molar-refractivity contribution < 1.29 is 9.47 Å². The fraction of sp³-hybridized carbons (Fsp3) is 0.647. The van der Waals surface area contributed by atoms with Gasteiger partial charge in [0.25, 0.3) is 0 Å². The summed E-state index contributed by atoms with van der Waals surface area (Å²) in [6.45, 7) is 7.48. The van der Waals surface area contributed by atoms with Crippen molar-refractivity contribution in [2.24, 2.45) is 11.1 Å². The third kappa shape index (κ3) is 3.89. The number of nitrogens with two attached hydrogens (primary N) is 1. The molecule has 4 heteroatoms. The molecule has 118 valence electrons. The summed E-state index contributed by atoms with van der Waals surface area (Å²) in [6.07, 6.45) is 2.43. The molecule has 1 aromatic carbocycles. The molecule has 1 atom stereocenters. The van der Waals surface area contributed by atoms with Gasteiger partial charge in [-0.3, -0.25) is 4.90 Å². The first-order chi connectivity index (χ1) is 9.99. The molecule has 1 fully saturated rings. The van der Waals surface area contributed by atoms with Gasteiger partial charge in [-0.1, -0.05) is 13.8 Å². The fourth-order valence-electron chi connectivity index (χ4n) is 2.96. The molecular formula is C17H28N2O2. The quantitative estimate of drug-likeness (QED) is 0.906. The Kier molecular flexibility index (Phi) is 5.12. The minimum absolute atomic E-state index is 0.227. The number of nitrogens with zero attached hydrogens (tertiary/aromatic N) is 1. The van der Waals surface area contributed by atoms with Crippen molar-refractivity contribution in [2.45, 2.75) is 32.7 Å². The van der Waals surface area contributed by atoms with Crippen LogP contribution >= 0.6 is 0 Å². The van der Waals surface area contributed by atoms with E-state index in [1.807, 2.05) is 6.07 Å². The van der Waals surface area contributed by atoms with Crippen molar-refractivity contribution in [3.8, 4) is 11.5 Å². The van der Waals surface area contributed by atoms with E-state index >= 15 is 0 Å². The Morgan fingerprint density at radius 1 is 1.10 bits per heavy atom. The van der Waals surface area contributed by atoms with Gasteiger partial charge in [0.15, 0.2) is 0 Å². The third-order valence-electron chi connectivity index (χ3n) is 4.57. The fourth-order valence-corrected chi connectivity index (χ4v) is 2.96. The average Bonchev–Trinajstić information content (AvgIpc) is 2.49. The number of ether oxygens (including phenoxy) is 2. The Morgan fingerprint density at radius 3 is 2.05 bits per heavy atom. The Balaban J connectivity index is 2.21. The smallest absolute Gasteiger partial charge is 0.122 e. The maximum Gasteiger partial charge on any atom is 0.122 e. The highest BCUT2D eigenvalue weighted by atomic mass is 16.5. The summed E-state index contributed by atoms with van der Waals surface area (Å²) in [5, 5.41) is 0. The summed E-state index contributed by atoms with van der Waals surface area (Å²) in [6, 6.07) is 6.26. The Labute approximate surface area is 128 Å². The van der Waals surface area contributed by atoms with Crippen molar-refractivity contribution in [1.82, 2.24) is 4.90 Å². The predicted octanol–water partition coefficient (Wildman–Crippen LogP) is 2.83. The predicted molar refractivity (Wildman–Crippen MR) is 85.9 cm³/mol. The van der Waals surface area contributed by atoms with E-state index in [9.17, 15) is 0 Å². The van der Waals surface area contributed by atoms with Crippen LogP contribution < -0.4 is 15.2 Å². The third-order valence-corrected chi connectivity index (χ3v) is 4.57. The second kappa shape index (κ2) is 6.67. The molecule has 0 radical (unpaired) electrons. The molecule has 0 aliphatic carbocycles. The molecule has 1 aromatic rings. The van der Waals surface area contributed by atoms with Crippen molar-refractivity contribution >= 4 is 0 Å². The molecule has 0 saturated carbocycles. The zero-order valence-corrected chi connectivity index (χ0v) is 13.7. The number of methoxy groups -OCH3 is 2. The molecule has 1 saturated heterocycles. The molecule has 0 aromatic heterocycles. The van der Waals surface area contributed by atoms with Gasteiger partial charge in [-0.15, -0.1) is 0 Å². The molecule has 1 aliphatic heterocycles. The SMILES string of the molecule is COc1cc(OC)cc(C(CN)N2CCC(C)(C)CC2)c1. The van der Waals surface area contributed by atoms with Gasteiger partial charge in [-0.2, -0.15) is 0 Å². The van der Waals surface area contributed by atoms with E-state index < -0.39 is 0 Å². The van der Waals surface area contributed by atoms with Crippen LogP contribution in [0.3, 0.4) is 0 Å². The summed E-state index contributed by atoms with van der Waals surface area (Å²) < 4.78 is 10.7. The van der Waals surface area contributed by atoms with Gasteiger partial charge in [0.2, 0.25) is 0 Å². The zero-order valence-electron chi connectivity index (χ0n) is 13.7. The van der Waals surface area contributed by atoms with Crippen molar-refractivity contribution in [1.29, 1.82) is 0 Å². The molecule has 2 rings (SSSR count). The van der Waals surface area contributed by atoms with Crippen LogP contribution in [0.1, 0.15) is 38.3 Å². The van der Waals surface area contributed by atoms with E-state index in [4.69, 9.17) is 15.2 Å². The highest BCUT2D eigenvalue weighted by Crippen LogP contribution is 2.35. The molecule has 2 N–H and O–H groups in total. The van der Waals surface area contributed by atoms with Gasteiger partial charge in [-0.05, 0) is 49.0 Å². The van der Waals surface area contributed by atoms with Crippen LogP contribution in [0.5, 0.6) is 11.5 Å². The molecule has 0 bridgehead atoms. The van der Waals surface area contributed by atoms with E-state index in [0.29, 0.717) is 12.0 Å². The minimum Gasteiger partial charge on any atom is -0.497 e. The molecule has 1 heterocycles. The second-order valence-corrected chi connectivity index (χ2v) is 6.60. The molecule has 21 heavy (non-hydrogen) atoms. The first-order valence-corrected chi connectivity index (χ1v) is 7.66. The van der Waals surface area contributed by atoms with Gasteiger partial charge in [0.1, 0.15) is 11.5 Å². The largest absolute Gasteiger partial charge is 0.497 e. The van der Waals surface area contributed by atoms with Crippen LogP contribution in [0.25, 0.3) is 0 Å². The van der Waals surface area contributed by atoms with Crippen molar-refractivity contribution in [3.05, 3.63) is 23.8 Å². The maximum atomic E-state index is 6.06. The van der Waals surface area contributed by atoms with Gasteiger partial charge < -0.3 is 15.2 Å². The van der Waals surface area contributed by atoms with Crippen molar-refractivity contribution in [2.75, 3.05) is 33.9 Å². The normalized spacial score (nSPS) is 20.0. The highest BCUT2D eigenvalue weighted by molar-refractivity contribution is 5.40. The summed E-state index contributed by atoms with van der Waals surface area (Å²) in [7, 11) is 3.36. The van der Waals surface area contributed by atoms with Crippen LogP contribution in [0, 0.1) is 5.41 Å². The standard InChI is InChI=1S/C17H28N2O2/c1-17(2)5-7-19(8-6-17)16(12-18)13-9-14(20-3)11-15(10-13)21-4/h9-11,16H,5-8,12,18H2,1-4H3. The Bertz CT molecular complexity index is 442. The zero-order chi connectivity index (χ0) is 15.5. The van der Waals surface area contributed by atoms with Crippen LogP contribution in [0.4, 0.5) is 0 Å². The van der Waals surface area contributed by atoms with E-state index in [2.05, 4.69) is 30.9 Å². The molecule has 0 amide bonds. The van der Waals surface area contributed by atoms with E-state index in [0.717, 1.165) is 24.6 Å². The van der Waals surface area contributed by atoms with Crippen molar-refractivity contribution in [3.63, 3.8) is 0 Å². The topological polar surface area (TPSA) is 47.7 Å². The summed E-state index contributed by atoms with van der Waals surface area (Å²) >= 11 is 0. The van der Waals surface area contributed by atoms with E-state index in [-0.39, 0.29) is 6.04 Å². The van der Waals surface area contributed by atoms with Gasteiger partial charge in [-0.25, -0.2) is 0 Å². The molecule has 1 aliphatic rings.